The summed E-state index contributed by atoms with van der Waals surface area (Å²) in [6, 6.07) is 15.3. The van der Waals surface area contributed by atoms with E-state index in [4.69, 9.17) is 4.74 Å². The summed E-state index contributed by atoms with van der Waals surface area (Å²) in [5.41, 5.74) is 1.37. The first-order valence-corrected chi connectivity index (χ1v) is 10.4. The number of benzene rings is 2. The highest BCUT2D eigenvalue weighted by Crippen LogP contribution is 2.36. The Bertz CT molecular complexity index is 1050. The molecule has 1 N–H and O–H groups in total. The zero-order valence-corrected chi connectivity index (χ0v) is 18.6. The van der Waals surface area contributed by atoms with E-state index in [0.29, 0.717) is 11.1 Å². The number of fused-ring (bicyclic) bond motifs is 1. The molecule has 0 unspecified atom stereocenters. The molecule has 3 rings (SSSR count). The Hall–Kier alpha value is -2.66. The van der Waals surface area contributed by atoms with Crippen LogP contribution in [0.3, 0.4) is 0 Å². The summed E-state index contributed by atoms with van der Waals surface area (Å²) in [5, 5.41) is 15.9. The van der Waals surface area contributed by atoms with Gasteiger partial charge in [0.15, 0.2) is 0 Å². The minimum atomic E-state index is -0.839. The summed E-state index contributed by atoms with van der Waals surface area (Å²) in [4.78, 5) is 12.5. The number of aromatic nitrogens is 2. The zero-order chi connectivity index (χ0) is 21.9. The highest BCUT2D eigenvalue weighted by atomic mass is 16.5. The predicted molar refractivity (Wildman–Crippen MR) is 121 cm³/mol. The molecular formula is C25H32N2O3. The molecule has 0 fully saturated rings. The standard InChI is InChI=1S/C25H32N2O3/c1-24(2,3)17-25(4,5)19-10-12-21(13-11-19)30-16-20(28)15-27-23(29)22-9-7-6-8-18(22)14-26-27/h6-14,20,28H,15-17H2,1-5H3/t20-/m1/s1. The molecular weight excluding hydrogens is 376 g/mol. The molecule has 3 aromatic rings. The van der Waals surface area contributed by atoms with Gasteiger partial charge in [0, 0.05) is 5.39 Å². The van der Waals surface area contributed by atoms with Gasteiger partial charge in [-0.3, -0.25) is 4.79 Å². The first-order chi connectivity index (χ1) is 14.0. The van der Waals surface area contributed by atoms with E-state index in [-0.39, 0.29) is 29.5 Å². The highest BCUT2D eigenvalue weighted by molar-refractivity contribution is 5.80. The summed E-state index contributed by atoms with van der Waals surface area (Å²) in [7, 11) is 0. The largest absolute Gasteiger partial charge is 0.491 e. The lowest BCUT2D eigenvalue weighted by atomic mass is 9.72. The van der Waals surface area contributed by atoms with Crippen molar-refractivity contribution in [2.45, 2.75) is 59.1 Å². The first-order valence-electron chi connectivity index (χ1n) is 10.4. The Kier molecular flexibility index (Phi) is 6.32. The molecule has 2 aromatic carbocycles. The van der Waals surface area contributed by atoms with E-state index in [2.05, 4.69) is 51.9 Å². The molecule has 0 aliphatic heterocycles. The number of aliphatic hydroxyl groups excluding tert-OH is 1. The molecule has 0 saturated heterocycles. The molecule has 160 valence electrons. The molecule has 0 amide bonds. The van der Waals surface area contributed by atoms with Crippen molar-refractivity contribution >= 4 is 10.8 Å². The zero-order valence-electron chi connectivity index (χ0n) is 18.6. The lowest BCUT2D eigenvalue weighted by molar-refractivity contribution is 0.0881. The molecule has 5 heteroatoms. The summed E-state index contributed by atoms with van der Waals surface area (Å²) in [6.45, 7) is 11.4. The van der Waals surface area contributed by atoms with Gasteiger partial charge in [-0.15, -0.1) is 0 Å². The maximum atomic E-state index is 12.5. The number of hydrogen-bond acceptors (Lipinski definition) is 4. The van der Waals surface area contributed by atoms with Crippen molar-refractivity contribution in [3.63, 3.8) is 0 Å². The van der Waals surface area contributed by atoms with Crippen LogP contribution < -0.4 is 10.3 Å². The molecule has 5 nitrogen and oxygen atoms in total. The summed E-state index contributed by atoms with van der Waals surface area (Å²) < 4.78 is 7.03. The normalized spacial score (nSPS) is 13.4. The fourth-order valence-electron chi connectivity index (χ4n) is 4.13. The van der Waals surface area contributed by atoms with E-state index in [1.165, 1.54) is 10.2 Å². The van der Waals surface area contributed by atoms with Crippen LogP contribution in [0.1, 0.15) is 46.6 Å². The van der Waals surface area contributed by atoms with Gasteiger partial charge >= 0.3 is 0 Å². The molecule has 0 aliphatic rings. The Labute approximate surface area is 178 Å². The third-order valence-electron chi connectivity index (χ3n) is 5.20. The van der Waals surface area contributed by atoms with Crippen LogP contribution in [0.15, 0.2) is 59.5 Å². The highest BCUT2D eigenvalue weighted by Gasteiger charge is 2.27. The summed E-state index contributed by atoms with van der Waals surface area (Å²) in [5.74, 6) is 0.697. The smallest absolute Gasteiger partial charge is 0.274 e. The van der Waals surface area contributed by atoms with Gasteiger partial charge in [0.25, 0.3) is 5.56 Å². The van der Waals surface area contributed by atoms with E-state index in [1.807, 2.05) is 30.3 Å². The number of hydrogen-bond donors (Lipinski definition) is 1. The second kappa shape index (κ2) is 8.60. The second-order valence-electron chi connectivity index (χ2n) is 9.83. The maximum Gasteiger partial charge on any atom is 0.274 e. The molecule has 30 heavy (non-hydrogen) atoms. The van der Waals surface area contributed by atoms with Crippen LogP contribution in [-0.2, 0) is 12.0 Å². The van der Waals surface area contributed by atoms with E-state index in [9.17, 15) is 9.90 Å². The van der Waals surface area contributed by atoms with Crippen LogP contribution in [0, 0.1) is 5.41 Å². The van der Waals surface area contributed by atoms with Crippen LogP contribution in [-0.4, -0.2) is 27.6 Å². The van der Waals surface area contributed by atoms with Gasteiger partial charge in [-0.1, -0.05) is 65.0 Å². The van der Waals surface area contributed by atoms with E-state index in [1.54, 1.807) is 12.3 Å². The van der Waals surface area contributed by atoms with Gasteiger partial charge in [0.2, 0.25) is 0 Å². The van der Waals surface area contributed by atoms with Gasteiger partial charge in [-0.25, -0.2) is 4.68 Å². The lowest BCUT2D eigenvalue weighted by Gasteiger charge is -2.33. The van der Waals surface area contributed by atoms with Crippen LogP contribution in [0.2, 0.25) is 0 Å². The minimum Gasteiger partial charge on any atom is -0.491 e. The number of nitrogens with zero attached hydrogens (tertiary/aromatic N) is 2. The number of aliphatic hydroxyl groups is 1. The molecule has 0 radical (unpaired) electrons. The first kappa shape index (κ1) is 22.0. The van der Waals surface area contributed by atoms with Crippen LogP contribution in [0.25, 0.3) is 10.8 Å². The number of ether oxygens (including phenoxy) is 1. The minimum absolute atomic E-state index is 0.0687. The van der Waals surface area contributed by atoms with Crippen molar-refractivity contribution in [1.82, 2.24) is 9.78 Å². The Morgan fingerprint density at radius 3 is 2.37 bits per heavy atom. The van der Waals surface area contributed by atoms with E-state index < -0.39 is 6.10 Å². The van der Waals surface area contributed by atoms with Crippen molar-refractivity contribution in [3.8, 4) is 5.75 Å². The lowest BCUT2D eigenvalue weighted by Crippen LogP contribution is -2.31. The summed E-state index contributed by atoms with van der Waals surface area (Å²) in [6.07, 6.45) is 1.88. The molecule has 0 aliphatic carbocycles. The van der Waals surface area contributed by atoms with Gasteiger partial charge in [-0.2, -0.15) is 5.10 Å². The second-order valence-corrected chi connectivity index (χ2v) is 9.83. The van der Waals surface area contributed by atoms with Crippen LogP contribution >= 0.6 is 0 Å². The molecule has 0 saturated carbocycles. The van der Waals surface area contributed by atoms with Crippen LogP contribution in [0.4, 0.5) is 0 Å². The third-order valence-corrected chi connectivity index (χ3v) is 5.20. The van der Waals surface area contributed by atoms with Gasteiger partial charge in [0.1, 0.15) is 18.5 Å². The Balaban J connectivity index is 1.61. The average Bonchev–Trinajstić information content (AvgIpc) is 2.67. The van der Waals surface area contributed by atoms with E-state index >= 15 is 0 Å². The third kappa shape index (κ3) is 5.48. The van der Waals surface area contributed by atoms with Crippen molar-refractivity contribution in [1.29, 1.82) is 0 Å². The summed E-state index contributed by atoms with van der Waals surface area (Å²) >= 11 is 0. The van der Waals surface area contributed by atoms with Gasteiger partial charge in [-0.05, 0) is 41.0 Å². The molecule has 1 atom stereocenters. The van der Waals surface area contributed by atoms with Crippen LogP contribution in [0.5, 0.6) is 5.75 Å². The SMILES string of the molecule is CC(C)(C)CC(C)(C)c1ccc(OC[C@H](O)Cn2ncc3ccccc3c2=O)cc1. The molecule has 1 heterocycles. The topological polar surface area (TPSA) is 64.3 Å². The Morgan fingerprint density at radius 2 is 1.70 bits per heavy atom. The predicted octanol–water partition coefficient (Wildman–Crippen LogP) is 4.55. The van der Waals surface area contributed by atoms with Gasteiger partial charge in [0.05, 0.1) is 18.1 Å². The monoisotopic (exact) mass is 408 g/mol. The van der Waals surface area contributed by atoms with Gasteiger partial charge < -0.3 is 9.84 Å². The van der Waals surface area contributed by atoms with E-state index in [0.717, 1.165) is 11.8 Å². The number of rotatable bonds is 7. The fourth-order valence-corrected chi connectivity index (χ4v) is 4.13. The van der Waals surface area contributed by atoms with Crippen molar-refractivity contribution in [2.75, 3.05) is 6.61 Å². The average molecular weight is 409 g/mol. The van der Waals surface area contributed by atoms with Crippen molar-refractivity contribution in [2.24, 2.45) is 5.41 Å². The maximum absolute atomic E-state index is 12.5. The molecule has 0 bridgehead atoms. The van der Waals surface area contributed by atoms with Crippen molar-refractivity contribution in [3.05, 3.63) is 70.6 Å². The van der Waals surface area contributed by atoms with Crippen molar-refractivity contribution < 1.29 is 9.84 Å². The molecule has 1 aromatic heterocycles. The Morgan fingerprint density at radius 1 is 1.03 bits per heavy atom. The quantitative estimate of drug-likeness (QED) is 0.623. The fraction of sp³-hybridized carbons (Fsp3) is 0.440. The molecule has 0 spiro atoms.